The van der Waals surface area contributed by atoms with Gasteiger partial charge in [0.05, 0.1) is 6.54 Å². The van der Waals surface area contributed by atoms with Crippen molar-refractivity contribution >= 4 is 16.9 Å². The number of hydrogen-bond acceptors (Lipinski definition) is 4. The van der Waals surface area contributed by atoms with Gasteiger partial charge in [-0.1, -0.05) is 32.5 Å². The Hall–Kier alpha value is -0.220. The maximum absolute atomic E-state index is 5.08. The Morgan fingerprint density at radius 1 is 1.53 bits per heavy atom. The molecule has 3 nitrogen and oxygen atoms in total. The van der Waals surface area contributed by atoms with Crippen LogP contribution in [0.15, 0.2) is 4.99 Å². The highest BCUT2D eigenvalue weighted by molar-refractivity contribution is 8.14. The van der Waals surface area contributed by atoms with Crippen LogP contribution < -0.4 is 5.32 Å². The SMILES string of the molecule is COCCC(C)NC1=NCC(CC(C)(C)C)S1. The minimum absolute atomic E-state index is 0.393. The Labute approximate surface area is 110 Å². The van der Waals surface area contributed by atoms with Gasteiger partial charge in [0.2, 0.25) is 0 Å². The highest BCUT2D eigenvalue weighted by atomic mass is 32.2. The molecule has 0 saturated carbocycles. The summed E-state index contributed by atoms with van der Waals surface area (Å²) in [6, 6.07) is 0.439. The number of ether oxygens (including phenoxy) is 1. The standard InChI is InChI=1S/C13H26N2OS/c1-10(6-7-16-5)15-12-14-9-11(17-12)8-13(2,3)4/h10-11H,6-9H2,1-5H3,(H,14,15). The normalized spacial score (nSPS) is 22.4. The Morgan fingerprint density at radius 3 is 2.82 bits per heavy atom. The summed E-state index contributed by atoms with van der Waals surface area (Å²) in [5, 5.41) is 5.22. The monoisotopic (exact) mass is 258 g/mol. The van der Waals surface area contributed by atoms with Crippen LogP contribution in [0.1, 0.15) is 40.5 Å². The van der Waals surface area contributed by atoms with Crippen LogP contribution in [-0.2, 0) is 4.74 Å². The summed E-state index contributed by atoms with van der Waals surface area (Å²) in [5.74, 6) is 0. The quantitative estimate of drug-likeness (QED) is 0.823. The first-order chi connectivity index (χ1) is 7.90. The van der Waals surface area contributed by atoms with Crippen LogP contribution in [0.5, 0.6) is 0 Å². The zero-order valence-electron chi connectivity index (χ0n) is 11.7. The van der Waals surface area contributed by atoms with E-state index >= 15 is 0 Å². The fourth-order valence-electron chi connectivity index (χ4n) is 1.86. The Morgan fingerprint density at radius 2 is 2.24 bits per heavy atom. The molecule has 17 heavy (non-hydrogen) atoms. The van der Waals surface area contributed by atoms with Gasteiger partial charge in [0.15, 0.2) is 5.17 Å². The van der Waals surface area contributed by atoms with Gasteiger partial charge in [-0.15, -0.1) is 0 Å². The van der Waals surface area contributed by atoms with Crippen molar-refractivity contribution in [1.29, 1.82) is 0 Å². The van der Waals surface area contributed by atoms with Crippen LogP contribution in [-0.4, -0.2) is 36.7 Å². The number of nitrogens with zero attached hydrogens (tertiary/aromatic N) is 1. The molecule has 1 rings (SSSR count). The Bertz CT molecular complexity index is 261. The molecule has 0 aromatic heterocycles. The molecule has 0 aliphatic carbocycles. The first-order valence-corrected chi connectivity index (χ1v) is 7.25. The number of amidine groups is 1. The largest absolute Gasteiger partial charge is 0.385 e. The molecule has 0 aromatic rings. The summed E-state index contributed by atoms with van der Waals surface area (Å²) in [4.78, 5) is 4.58. The van der Waals surface area contributed by atoms with Gasteiger partial charge in [-0.2, -0.15) is 0 Å². The topological polar surface area (TPSA) is 33.6 Å². The molecule has 0 aromatic carbocycles. The van der Waals surface area contributed by atoms with Crippen molar-refractivity contribution in [3.8, 4) is 0 Å². The highest BCUT2D eigenvalue weighted by Crippen LogP contribution is 2.31. The van der Waals surface area contributed by atoms with Gasteiger partial charge in [0, 0.05) is 25.0 Å². The summed E-state index contributed by atoms with van der Waals surface area (Å²) in [5.41, 5.74) is 0.393. The lowest BCUT2D eigenvalue weighted by Gasteiger charge is -2.22. The first kappa shape index (κ1) is 14.8. The molecule has 1 aliphatic rings. The second kappa shape index (κ2) is 6.64. The zero-order chi connectivity index (χ0) is 12.9. The van der Waals surface area contributed by atoms with Gasteiger partial charge < -0.3 is 10.1 Å². The van der Waals surface area contributed by atoms with E-state index in [0.29, 0.717) is 16.7 Å². The van der Waals surface area contributed by atoms with Crippen LogP contribution in [0, 0.1) is 5.41 Å². The number of rotatable bonds is 5. The third kappa shape index (κ3) is 6.32. The highest BCUT2D eigenvalue weighted by Gasteiger charge is 2.25. The van der Waals surface area contributed by atoms with Crippen molar-refractivity contribution in [2.45, 2.75) is 51.8 Å². The van der Waals surface area contributed by atoms with Crippen molar-refractivity contribution in [3.63, 3.8) is 0 Å². The fourth-order valence-corrected chi connectivity index (χ4v) is 3.33. The summed E-state index contributed by atoms with van der Waals surface area (Å²) in [6.45, 7) is 10.8. The van der Waals surface area contributed by atoms with Gasteiger partial charge in [0.1, 0.15) is 0 Å². The van der Waals surface area contributed by atoms with E-state index in [1.165, 1.54) is 6.42 Å². The first-order valence-electron chi connectivity index (χ1n) is 6.37. The molecule has 0 radical (unpaired) electrons. The molecule has 1 aliphatic heterocycles. The summed E-state index contributed by atoms with van der Waals surface area (Å²) >= 11 is 1.90. The molecule has 100 valence electrons. The van der Waals surface area contributed by atoms with Gasteiger partial charge in [-0.3, -0.25) is 4.99 Å². The molecule has 0 saturated heterocycles. The molecule has 0 fully saturated rings. The number of hydrogen-bond donors (Lipinski definition) is 1. The summed E-state index contributed by atoms with van der Waals surface area (Å²) in [7, 11) is 1.74. The second-order valence-corrected chi connectivity index (χ2v) is 7.27. The van der Waals surface area contributed by atoms with Gasteiger partial charge in [-0.25, -0.2) is 0 Å². The van der Waals surface area contributed by atoms with E-state index in [2.05, 4.69) is 38.0 Å². The molecule has 0 spiro atoms. The molecule has 2 atom stereocenters. The molecular weight excluding hydrogens is 232 g/mol. The predicted molar refractivity (Wildman–Crippen MR) is 76.8 cm³/mol. The van der Waals surface area contributed by atoms with Crippen molar-refractivity contribution in [3.05, 3.63) is 0 Å². The van der Waals surface area contributed by atoms with Crippen molar-refractivity contribution in [1.82, 2.24) is 5.32 Å². The van der Waals surface area contributed by atoms with E-state index in [1.807, 2.05) is 11.8 Å². The number of nitrogens with one attached hydrogen (secondary N) is 1. The number of aliphatic imine (C=N–C) groups is 1. The van der Waals surface area contributed by atoms with Crippen LogP contribution in [0.25, 0.3) is 0 Å². The van der Waals surface area contributed by atoms with E-state index in [4.69, 9.17) is 4.74 Å². The van der Waals surface area contributed by atoms with Crippen LogP contribution >= 0.6 is 11.8 Å². The maximum Gasteiger partial charge on any atom is 0.157 e. The molecule has 4 heteroatoms. The minimum Gasteiger partial charge on any atom is -0.385 e. The zero-order valence-corrected chi connectivity index (χ0v) is 12.6. The summed E-state index contributed by atoms with van der Waals surface area (Å²) < 4.78 is 5.08. The fraction of sp³-hybridized carbons (Fsp3) is 0.923. The lowest BCUT2D eigenvalue weighted by atomic mass is 9.90. The molecule has 1 N–H and O–H groups in total. The smallest absolute Gasteiger partial charge is 0.157 e. The van der Waals surface area contributed by atoms with E-state index in [9.17, 15) is 0 Å². The average Bonchev–Trinajstić information content (AvgIpc) is 2.59. The minimum atomic E-state index is 0.393. The van der Waals surface area contributed by atoms with E-state index in [1.54, 1.807) is 7.11 Å². The van der Waals surface area contributed by atoms with Crippen molar-refractivity contribution in [2.24, 2.45) is 10.4 Å². The average molecular weight is 258 g/mol. The van der Waals surface area contributed by atoms with Crippen molar-refractivity contribution < 1.29 is 4.74 Å². The Kier molecular flexibility index (Phi) is 5.80. The predicted octanol–water partition coefficient (Wildman–Crippen LogP) is 2.91. The van der Waals surface area contributed by atoms with Crippen LogP contribution in [0.2, 0.25) is 0 Å². The lowest BCUT2D eigenvalue weighted by Crippen LogP contribution is -2.31. The third-order valence-corrected chi connectivity index (χ3v) is 3.80. The van der Waals surface area contributed by atoms with Gasteiger partial charge >= 0.3 is 0 Å². The lowest BCUT2D eigenvalue weighted by molar-refractivity contribution is 0.187. The van der Waals surface area contributed by atoms with Gasteiger partial charge in [0.25, 0.3) is 0 Å². The molecule has 2 unspecified atom stereocenters. The Balaban J connectivity index is 2.25. The third-order valence-electron chi connectivity index (χ3n) is 2.68. The second-order valence-electron chi connectivity index (χ2n) is 5.98. The van der Waals surface area contributed by atoms with Crippen LogP contribution in [0.3, 0.4) is 0 Å². The van der Waals surface area contributed by atoms with Crippen LogP contribution in [0.4, 0.5) is 0 Å². The van der Waals surface area contributed by atoms with Crippen molar-refractivity contribution in [2.75, 3.05) is 20.3 Å². The molecular formula is C13H26N2OS. The maximum atomic E-state index is 5.08. The number of methoxy groups -OCH3 is 1. The summed E-state index contributed by atoms with van der Waals surface area (Å²) in [6.07, 6.45) is 2.25. The molecule has 0 amide bonds. The van der Waals surface area contributed by atoms with E-state index < -0.39 is 0 Å². The number of thioether (sulfide) groups is 1. The van der Waals surface area contributed by atoms with E-state index in [0.717, 1.165) is 24.7 Å². The van der Waals surface area contributed by atoms with E-state index in [-0.39, 0.29) is 0 Å². The van der Waals surface area contributed by atoms with Gasteiger partial charge in [-0.05, 0) is 25.2 Å². The molecule has 1 heterocycles. The molecule has 0 bridgehead atoms.